The molecule has 1 aromatic heterocycles. The number of rotatable bonds is 3. The van der Waals surface area contributed by atoms with Gasteiger partial charge in [-0.1, -0.05) is 0 Å². The molecule has 1 saturated heterocycles. The van der Waals surface area contributed by atoms with Gasteiger partial charge in [0.2, 0.25) is 5.91 Å². The van der Waals surface area contributed by atoms with Crippen LogP contribution in [0.5, 0.6) is 0 Å². The van der Waals surface area contributed by atoms with E-state index >= 15 is 0 Å². The lowest BCUT2D eigenvalue weighted by Gasteiger charge is -2.32. The monoisotopic (exact) mass is 263 g/mol. The first kappa shape index (κ1) is 13.8. The van der Waals surface area contributed by atoms with Crippen molar-refractivity contribution in [2.24, 2.45) is 5.92 Å². The van der Waals surface area contributed by atoms with E-state index in [4.69, 9.17) is 0 Å². The molecule has 1 fully saturated rings. The molecule has 104 valence electrons. The average Bonchev–Trinajstić information content (AvgIpc) is 2.46. The third-order valence-electron chi connectivity index (χ3n) is 3.61. The average molecular weight is 263 g/mol. The van der Waals surface area contributed by atoms with E-state index in [0.717, 1.165) is 30.8 Å². The van der Waals surface area contributed by atoms with Gasteiger partial charge in [0, 0.05) is 26.3 Å². The normalized spacial score (nSPS) is 21.0. The lowest BCUT2D eigenvalue weighted by atomic mass is 9.97. The van der Waals surface area contributed by atoms with Crippen molar-refractivity contribution in [2.45, 2.75) is 25.9 Å². The van der Waals surface area contributed by atoms with Gasteiger partial charge < -0.3 is 15.3 Å². The van der Waals surface area contributed by atoms with Crippen molar-refractivity contribution in [3.05, 3.63) is 23.9 Å². The Labute approximate surface area is 113 Å². The van der Waals surface area contributed by atoms with E-state index in [1.54, 1.807) is 20.2 Å². The Hall–Kier alpha value is -1.62. The fourth-order valence-electron chi connectivity index (χ4n) is 2.47. The fourth-order valence-corrected chi connectivity index (χ4v) is 2.47. The maximum absolute atomic E-state index is 11.7. The van der Waals surface area contributed by atoms with Crippen molar-refractivity contribution in [3.8, 4) is 0 Å². The molecule has 1 amide bonds. The summed E-state index contributed by atoms with van der Waals surface area (Å²) in [5.41, 5.74) is 0.854. The quantitative estimate of drug-likeness (QED) is 0.857. The van der Waals surface area contributed by atoms with Crippen molar-refractivity contribution in [1.82, 2.24) is 10.3 Å². The number of aliphatic hydroxyl groups excluding tert-OH is 1. The molecule has 2 heterocycles. The molecule has 0 spiro atoms. The van der Waals surface area contributed by atoms with E-state index in [2.05, 4.69) is 15.2 Å². The number of anilines is 1. The van der Waals surface area contributed by atoms with Crippen molar-refractivity contribution >= 4 is 11.7 Å². The lowest BCUT2D eigenvalue weighted by molar-refractivity contribution is -0.124. The predicted octanol–water partition coefficient (Wildman–Crippen LogP) is 1.10. The second-order valence-electron chi connectivity index (χ2n) is 5.02. The number of aliphatic hydroxyl groups is 1. The number of carbonyl (C=O) groups excluding carboxylic acids is 1. The van der Waals surface area contributed by atoms with E-state index < -0.39 is 6.10 Å². The van der Waals surface area contributed by atoms with E-state index in [9.17, 15) is 9.90 Å². The maximum Gasteiger partial charge on any atom is 0.224 e. The smallest absolute Gasteiger partial charge is 0.224 e. The second kappa shape index (κ2) is 6.02. The summed E-state index contributed by atoms with van der Waals surface area (Å²) in [6, 6.07) is 3.71. The van der Waals surface area contributed by atoms with Crippen LogP contribution in [0, 0.1) is 5.92 Å². The summed E-state index contributed by atoms with van der Waals surface area (Å²) in [5.74, 6) is 0.958. The Bertz CT molecular complexity index is 448. The van der Waals surface area contributed by atoms with Crippen LogP contribution in [0.1, 0.15) is 31.4 Å². The lowest BCUT2D eigenvalue weighted by Crippen LogP contribution is -2.42. The molecule has 1 aromatic rings. The highest BCUT2D eigenvalue weighted by Gasteiger charge is 2.25. The molecular weight excluding hydrogens is 242 g/mol. The number of pyridine rings is 1. The second-order valence-corrected chi connectivity index (χ2v) is 5.02. The van der Waals surface area contributed by atoms with Gasteiger partial charge in [-0.25, -0.2) is 4.98 Å². The zero-order chi connectivity index (χ0) is 13.8. The number of piperidine rings is 1. The number of hydrogen-bond acceptors (Lipinski definition) is 4. The van der Waals surface area contributed by atoms with E-state index in [1.807, 2.05) is 12.1 Å². The maximum atomic E-state index is 11.7. The number of hydrogen-bond donors (Lipinski definition) is 2. The van der Waals surface area contributed by atoms with Gasteiger partial charge in [-0.3, -0.25) is 4.79 Å². The van der Waals surface area contributed by atoms with Crippen LogP contribution in [-0.2, 0) is 4.79 Å². The molecule has 0 saturated carbocycles. The Morgan fingerprint density at radius 3 is 3.11 bits per heavy atom. The van der Waals surface area contributed by atoms with Gasteiger partial charge in [0.1, 0.15) is 5.82 Å². The Morgan fingerprint density at radius 1 is 1.63 bits per heavy atom. The van der Waals surface area contributed by atoms with Crippen LogP contribution in [0.2, 0.25) is 0 Å². The molecule has 19 heavy (non-hydrogen) atoms. The summed E-state index contributed by atoms with van der Waals surface area (Å²) < 4.78 is 0. The Morgan fingerprint density at radius 2 is 2.42 bits per heavy atom. The SMILES string of the molecule is CNC(=O)C1CCCN(c2cc(C(C)O)ccn2)C1. The highest BCUT2D eigenvalue weighted by Crippen LogP contribution is 2.24. The largest absolute Gasteiger partial charge is 0.389 e. The molecule has 0 radical (unpaired) electrons. The van der Waals surface area contributed by atoms with E-state index in [1.165, 1.54) is 0 Å². The number of amides is 1. The first-order chi connectivity index (χ1) is 9.11. The zero-order valence-corrected chi connectivity index (χ0v) is 11.5. The molecule has 0 aliphatic carbocycles. The molecule has 2 N–H and O–H groups in total. The summed E-state index contributed by atoms with van der Waals surface area (Å²) in [6.07, 6.45) is 3.12. The summed E-state index contributed by atoms with van der Waals surface area (Å²) in [4.78, 5) is 18.2. The number of aromatic nitrogens is 1. The van der Waals surface area contributed by atoms with Gasteiger partial charge in [-0.2, -0.15) is 0 Å². The summed E-state index contributed by atoms with van der Waals surface area (Å²) >= 11 is 0. The number of nitrogens with zero attached hydrogens (tertiary/aromatic N) is 2. The van der Waals surface area contributed by atoms with Crippen molar-refractivity contribution in [3.63, 3.8) is 0 Å². The molecule has 1 aliphatic rings. The van der Waals surface area contributed by atoms with E-state index in [-0.39, 0.29) is 11.8 Å². The van der Waals surface area contributed by atoms with Gasteiger partial charge in [0.25, 0.3) is 0 Å². The molecule has 5 heteroatoms. The number of carbonyl (C=O) groups is 1. The van der Waals surface area contributed by atoms with Crippen LogP contribution in [0.15, 0.2) is 18.3 Å². The van der Waals surface area contributed by atoms with Crippen LogP contribution in [0.3, 0.4) is 0 Å². The third kappa shape index (κ3) is 3.23. The summed E-state index contributed by atoms with van der Waals surface area (Å²) in [6.45, 7) is 3.34. The van der Waals surface area contributed by atoms with Crippen LogP contribution in [0.4, 0.5) is 5.82 Å². The standard InChI is InChI=1S/C14H21N3O2/c1-10(18)11-5-6-16-13(8-11)17-7-3-4-12(9-17)14(19)15-2/h5-6,8,10,12,18H,3-4,7,9H2,1-2H3,(H,15,19). The predicted molar refractivity (Wildman–Crippen MR) is 73.9 cm³/mol. The Balaban J connectivity index is 2.13. The topological polar surface area (TPSA) is 65.5 Å². The fraction of sp³-hybridized carbons (Fsp3) is 0.571. The van der Waals surface area contributed by atoms with Crippen LogP contribution in [0.25, 0.3) is 0 Å². The minimum Gasteiger partial charge on any atom is -0.389 e. The number of nitrogens with one attached hydrogen (secondary N) is 1. The highest BCUT2D eigenvalue weighted by atomic mass is 16.3. The molecule has 0 bridgehead atoms. The Kier molecular flexibility index (Phi) is 4.37. The van der Waals surface area contributed by atoms with Crippen molar-refractivity contribution in [2.75, 3.05) is 25.0 Å². The minimum atomic E-state index is -0.499. The van der Waals surface area contributed by atoms with Gasteiger partial charge in [0.15, 0.2) is 0 Å². The van der Waals surface area contributed by atoms with Gasteiger partial charge >= 0.3 is 0 Å². The molecule has 0 aromatic carbocycles. The molecule has 1 aliphatic heterocycles. The van der Waals surface area contributed by atoms with Gasteiger partial charge in [-0.15, -0.1) is 0 Å². The van der Waals surface area contributed by atoms with Crippen LogP contribution < -0.4 is 10.2 Å². The minimum absolute atomic E-state index is 0.0238. The van der Waals surface area contributed by atoms with Gasteiger partial charge in [0.05, 0.1) is 12.0 Å². The highest BCUT2D eigenvalue weighted by molar-refractivity contribution is 5.79. The first-order valence-electron chi connectivity index (χ1n) is 6.72. The molecule has 2 unspecified atom stereocenters. The van der Waals surface area contributed by atoms with Crippen molar-refractivity contribution < 1.29 is 9.90 Å². The third-order valence-corrected chi connectivity index (χ3v) is 3.61. The van der Waals surface area contributed by atoms with Gasteiger partial charge in [-0.05, 0) is 37.5 Å². The zero-order valence-electron chi connectivity index (χ0n) is 11.5. The molecule has 2 atom stereocenters. The first-order valence-corrected chi connectivity index (χ1v) is 6.72. The van der Waals surface area contributed by atoms with E-state index in [0.29, 0.717) is 6.54 Å². The van der Waals surface area contributed by atoms with Crippen LogP contribution in [-0.4, -0.2) is 36.1 Å². The molecule has 5 nitrogen and oxygen atoms in total. The van der Waals surface area contributed by atoms with Crippen molar-refractivity contribution in [1.29, 1.82) is 0 Å². The summed E-state index contributed by atoms with van der Waals surface area (Å²) in [7, 11) is 1.67. The summed E-state index contributed by atoms with van der Waals surface area (Å²) in [5, 5.41) is 12.3. The molecule has 2 rings (SSSR count). The van der Waals surface area contributed by atoms with Crippen LogP contribution >= 0.6 is 0 Å². The molecular formula is C14H21N3O2.